The van der Waals surface area contributed by atoms with E-state index in [4.69, 9.17) is 29.6 Å². The third-order valence-electron chi connectivity index (χ3n) is 2.76. The van der Waals surface area contributed by atoms with Gasteiger partial charge in [-0.15, -0.1) is 0 Å². The molecule has 0 fully saturated rings. The van der Waals surface area contributed by atoms with Gasteiger partial charge in [0.2, 0.25) is 0 Å². The topological polar surface area (TPSA) is 38.0 Å². The van der Waals surface area contributed by atoms with Crippen LogP contribution in [0.2, 0.25) is 5.02 Å². The maximum absolute atomic E-state index is 13.8. The standard InChI is InChI=1S/C14H11BrClFN2S/c1-7-4-10(15)13(6-11(7)16)19-8-2-3-9(14(18)20)12(17)5-8/h2-6,19H,1H3,(H2,18,20). The van der Waals surface area contributed by atoms with Gasteiger partial charge < -0.3 is 11.1 Å². The van der Waals surface area contributed by atoms with Crippen molar-refractivity contribution in [2.45, 2.75) is 6.92 Å². The van der Waals surface area contributed by atoms with Gasteiger partial charge in [0.05, 0.1) is 5.69 Å². The summed E-state index contributed by atoms with van der Waals surface area (Å²) in [5, 5.41) is 3.73. The van der Waals surface area contributed by atoms with Crippen molar-refractivity contribution < 1.29 is 4.39 Å². The molecule has 0 saturated heterocycles. The second-order valence-corrected chi connectivity index (χ2v) is 5.97. The molecular weight excluding hydrogens is 363 g/mol. The van der Waals surface area contributed by atoms with E-state index in [1.165, 1.54) is 6.07 Å². The number of benzene rings is 2. The molecule has 2 rings (SSSR count). The molecule has 0 saturated carbocycles. The van der Waals surface area contributed by atoms with Gasteiger partial charge in [0.1, 0.15) is 10.8 Å². The summed E-state index contributed by atoms with van der Waals surface area (Å²) in [7, 11) is 0. The Balaban J connectivity index is 2.33. The van der Waals surface area contributed by atoms with Crippen molar-refractivity contribution in [2.24, 2.45) is 5.73 Å². The molecule has 3 N–H and O–H groups in total. The van der Waals surface area contributed by atoms with E-state index in [1.807, 2.05) is 13.0 Å². The van der Waals surface area contributed by atoms with Gasteiger partial charge in [-0.1, -0.05) is 23.8 Å². The van der Waals surface area contributed by atoms with Gasteiger partial charge in [0, 0.05) is 20.7 Å². The van der Waals surface area contributed by atoms with Crippen molar-refractivity contribution in [1.82, 2.24) is 0 Å². The number of hydrogen-bond acceptors (Lipinski definition) is 2. The summed E-state index contributed by atoms with van der Waals surface area (Å²) in [4.78, 5) is 0.0358. The second-order valence-electron chi connectivity index (χ2n) is 4.27. The highest BCUT2D eigenvalue weighted by atomic mass is 79.9. The Morgan fingerprint density at radius 2 is 2.05 bits per heavy atom. The van der Waals surface area contributed by atoms with Gasteiger partial charge in [0.15, 0.2) is 0 Å². The van der Waals surface area contributed by atoms with Crippen molar-refractivity contribution in [3.05, 3.63) is 56.8 Å². The van der Waals surface area contributed by atoms with Crippen LogP contribution >= 0.6 is 39.7 Å². The zero-order chi connectivity index (χ0) is 14.9. The van der Waals surface area contributed by atoms with Crippen LogP contribution in [0.25, 0.3) is 0 Å². The number of rotatable bonds is 3. The maximum Gasteiger partial charge on any atom is 0.135 e. The number of anilines is 2. The highest BCUT2D eigenvalue weighted by Crippen LogP contribution is 2.31. The van der Waals surface area contributed by atoms with Gasteiger partial charge in [-0.05, 0) is 58.7 Å². The van der Waals surface area contributed by atoms with Crippen LogP contribution in [-0.4, -0.2) is 4.99 Å². The third-order valence-corrected chi connectivity index (χ3v) is 4.05. The molecule has 0 spiro atoms. The average molecular weight is 374 g/mol. The summed E-state index contributed by atoms with van der Waals surface area (Å²) < 4.78 is 14.6. The van der Waals surface area contributed by atoms with Gasteiger partial charge in [-0.3, -0.25) is 0 Å². The summed E-state index contributed by atoms with van der Waals surface area (Å²) in [6.07, 6.45) is 0. The van der Waals surface area contributed by atoms with Crippen LogP contribution in [0.1, 0.15) is 11.1 Å². The van der Waals surface area contributed by atoms with E-state index in [0.717, 1.165) is 15.7 Å². The van der Waals surface area contributed by atoms with Crippen molar-refractivity contribution in [2.75, 3.05) is 5.32 Å². The summed E-state index contributed by atoms with van der Waals surface area (Å²) in [6.45, 7) is 1.91. The molecule has 0 aromatic heterocycles. The monoisotopic (exact) mass is 372 g/mol. The van der Waals surface area contributed by atoms with E-state index < -0.39 is 5.82 Å². The zero-order valence-electron chi connectivity index (χ0n) is 10.5. The molecule has 6 heteroatoms. The molecule has 104 valence electrons. The van der Waals surface area contributed by atoms with Crippen LogP contribution in [0.4, 0.5) is 15.8 Å². The van der Waals surface area contributed by atoms with Gasteiger partial charge >= 0.3 is 0 Å². The van der Waals surface area contributed by atoms with Crippen LogP contribution in [0.3, 0.4) is 0 Å². The smallest absolute Gasteiger partial charge is 0.135 e. The SMILES string of the molecule is Cc1cc(Br)c(Nc2ccc(C(N)=S)c(F)c2)cc1Cl. The molecule has 0 bridgehead atoms. The van der Waals surface area contributed by atoms with Crippen molar-refractivity contribution in [3.8, 4) is 0 Å². The normalized spacial score (nSPS) is 10.4. The Morgan fingerprint density at radius 3 is 2.65 bits per heavy atom. The average Bonchev–Trinajstić information content (AvgIpc) is 2.35. The maximum atomic E-state index is 13.8. The van der Waals surface area contributed by atoms with E-state index in [9.17, 15) is 4.39 Å². The van der Waals surface area contributed by atoms with Crippen LogP contribution in [0.5, 0.6) is 0 Å². The van der Waals surface area contributed by atoms with E-state index in [1.54, 1.807) is 18.2 Å². The Labute approximate surface area is 135 Å². The fraction of sp³-hybridized carbons (Fsp3) is 0.0714. The minimum atomic E-state index is -0.461. The molecule has 2 nitrogen and oxygen atoms in total. The summed E-state index contributed by atoms with van der Waals surface area (Å²) in [5.41, 5.74) is 7.95. The lowest BCUT2D eigenvalue weighted by Crippen LogP contribution is -2.11. The summed E-state index contributed by atoms with van der Waals surface area (Å²) in [5.74, 6) is -0.461. The van der Waals surface area contributed by atoms with Gasteiger partial charge in [-0.2, -0.15) is 0 Å². The second kappa shape index (κ2) is 6.08. The highest BCUT2D eigenvalue weighted by molar-refractivity contribution is 9.10. The molecule has 0 aliphatic carbocycles. The van der Waals surface area contributed by atoms with E-state index >= 15 is 0 Å². The molecule has 0 radical (unpaired) electrons. The number of nitrogens with two attached hydrogens (primary N) is 1. The molecule has 0 aliphatic heterocycles. The number of halogens is 3. The van der Waals surface area contributed by atoms with Gasteiger partial charge in [-0.25, -0.2) is 4.39 Å². The number of aryl methyl sites for hydroxylation is 1. The molecule has 20 heavy (non-hydrogen) atoms. The van der Waals surface area contributed by atoms with Crippen LogP contribution in [0.15, 0.2) is 34.8 Å². The number of nitrogens with one attached hydrogen (secondary N) is 1. The Bertz CT molecular complexity index is 691. The van der Waals surface area contributed by atoms with Crippen LogP contribution < -0.4 is 11.1 Å². The molecular formula is C14H11BrClFN2S. The van der Waals surface area contributed by atoms with Gasteiger partial charge in [0.25, 0.3) is 0 Å². The van der Waals surface area contributed by atoms with E-state index in [-0.39, 0.29) is 10.6 Å². The molecule has 0 amide bonds. The minimum absolute atomic E-state index is 0.0358. The third kappa shape index (κ3) is 3.29. The molecule has 0 unspecified atom stereocenters. The lowest BCUT2D eigenvalue weighted by molar-refractivity contribution is 0.626. The number of hydrogen-bond donors (Lipinski definition) is 2. The first kappa shape index (κ1) is 15.2. The largest absolute Gasteiger partial charge is 0.389 e. The van der Waals surface area contributed by atoms with Crippen molar-refractivity contribution >= 4 is 56.1 Å². The van der Waals surface area contributed by atoms with Crippen LogP contribution in [-0.2, 0) is 0 Å². The van der Waals surface area contributed by atoms with E-state index in [0.29, 0.717) is 10.7 Å². The molecule has 2 aromatic rings. The zero-order valence-corrected chi connectivity index (χ0v) is 13.7. The quantitative estimate of drug-likeness (QED) is 0.749. The Hall–Kier alpha value is -1.17. The fourth-order valence-electron chi connectivity index (χ4n) is 1.69. The van der Waals surface area contributed by atoms with Crippen LogP contribution in [0, 0.1) is 12.7 Å². The molecule has 0 atom stereocenters. The Morgan fingerprint density at radius 1 is 1.35 bits per heavy atom. The lowest BCUT2D eigenvalue weighted by atomic mass is 10.1. The highest BCUT2D eigenvalue weighted by Gasteiger charge is 2.08. The lowest BCUT2D eigenvalue weighted by Gasteiger charge is -2.11. The summed E-state index contributed by atoms with van der Waals surface area (Å²) in [6, 6.07) is 8.26. The first-order valence-corrected chi connectivity index (χ1v) is 7.28. The Kier molecular flexibility index (Phi) is 4.62. The van der Waals surface area contributed by atoms with Crippen molar-refractivity contribution in [1.29, 1.82) is 0 Å². The minimum Gasteiger partial charge on any atom is -0.389 e. The first-order chi connectivity index (χ1) is 9.38. The summed E-state index contributed by atoms with van der Waals surface area (Å²) >= 11 is 14.3. The first-order valence-electron chi connectivity index (χ1n) is 5.70. The fourth-order valence-corrected chi connectivity index (χ4v) is 2.58. The van der Waals surface area contributed by atoms with E-state index in [2.05, 4.69) is 21.2 Å². The predicted molar refractivity (Wildman–Crippen MR) is 89.5 cm³/mol. The predicted octanol–water partition coefficient (Wildman–Crippen LogP) is 4.93. The molecule has 2 aromatic carbocycles. The van der Waals surface area contributed by atoms with Crippen molar-refractivity contribution in [3.63, 3.8) is 0 Å². The molecule has 0 aliphatic rings. The number of thiocarbonyl (C=S) groups is 1. The molecule has 0 heterocycles.